The van der Waals surface area contributed by atoms with Crippen LogP contribution in [0, 0.1) is 6.92 Å². The summed E-state index contributed by atoms with van der Waals surface area (Å²) < 4.78 is 4.25. The first-order chi connectivity index (χ1) is 15.8. The van der Waals surface area contributed by atoms with E-state index in [1.807, 2.05) is 32.9 Å². The lowest BCUT2D eigenvalue weighted by Crippen LogP contribution is -2.29. The van der Waals surface area contributed by atoms with Crippen LogP contribution in [0.2, 0.25) is 0 Å². The number of rotatable bonds is 5. The lowest BCUT2D eigenvalue weighted by atomic mass is 9.78. The Labute approximate surface area is 201 Å². The number of nitrogens with one attached hydrogen (secondary N) is 2. The highest BCUT2D eigenvalue weighted by atomic mass is 16.4. The van der Waals surface area contributed by atoms with Gasteiger partial charge < -0.3 is 21.1 Å². The monoisotopic (exact) mass is 449 g/mol. The van der Waals surface area contributed by atoms with E-state index in [4.69, 9.17) is 5.73 Å². The molecule has 0 spiro atoms. The number of aryl methyl sites for hydroxylation is 1. The predicted molar refractivity (Wildman–Crippen MR) is 144 cm³/mol. The maximum absolute atomic E-state index is 5.63. The van der Waals surface area contributed by atoms with Crippen molar-refractivity contribution in [3.63, 3.8) is 0 Å². The molecule has 3 rings (SSSR count). The van der Waals surface area contributed by atoms with Gasteiger partial charge in [0.15, 0.2) is 0 Å². The molecular weight excluding hydrogens is 406 g/mol. The molecule has 0 radical (unpaired) electrons. The number of ether oxygens (including phenoxy) is 1. The van der Waals surface area contributed by atoms with Gasteiger partial charge in [-0.15, -0.1) is 0 Å². The molecule has 1 heterocycles. The molecule has 0 amide bonds. The summed E-state index contributed by atoms with van der Waals surface area (Å²) in [5.74, 6) is 1.76. The van der Waals surface area contributed by atoms with Gasteiger partial charge in [-0.3, -0.25) is 0 Å². The van der Waals surface area contributed by atoms with Crippen LogP contribution in [0.3, 0.4) is 0 Å². The van der Waals surface area contributed by atoms with E-state index in [-0.39, 0.29) is 0 Å². The quantitative estimate of drug-likeness (QED) is 0.484. The number of methoxy groups -OCH3 is 1. The van der Waals surface area contributed by atoms with Crippen LogP contribution in [-0.4, -0.2) is 27.3 Å². The molecule has 2 atom stereocenters. The van der Waals surface area contributed by atoms with Crippen molar-refractivity contribution in [2.45, 2.75) is 46.5 Å². The van der Waals surface area contributed by atoms with Gasteiger partial charge in [0.05, 0.1) is 5.82 Å². The smallest absolute Gasteiger partial charge is 0.0989 e. The summed E-state index contributed by atoms with van der Waals surface area (Å²) in [6.07, 6.45) is 3.96. The summed E-state index contributed by atoms with van der Waals surface area (Å²) in [6, 6.07) is 17.5. The Morgan fingerprint density at radius 2 is 1.88 bits per heavy atom. The molecule has 0 saturated heterocycles. The second-order valence-corrected chi connectivity index (χ2v) is 8.29. The minimum atomic E-state index is 0.498. The van der Waals surface area contributed by atoms with Crippen LogP contribution in [0.25, 0.3) is 5.70 Å². The Bertz CT molecular complexity index is 916. The first-order valence-electron chi connectivity index (χ1n) is 11.6. The summed E-state index contributed by atoms with van der Waals surface area (Å²) in [5, 5.41) is 6.50. The Kier molecular flexibility index (Phi) is 12.7. The fourth-order valence-electron chi connectivity index (χ4n) is 3.81. The third kappa shape index (κ3) is 8.82. The van der Waals surface area contributed by atoms with Crippen molar-refractivity contribution < 1.29 is 4.74 Å². The van der Waals surface area contributed by atoms with Crippen LogP contribution >= 0.6 is 0 Å². The van der Waals surface area contributed by atoms with E-state index in [1.165, 1.54) is 22.3 Å². The van der Waals surface area contributed by atoms with E-state index in [2.05, 4.69) is 84.3 Å². The maximum atomic E-state index is 5.63. The van der Waals surface area contributed by atoms with Crippen molar-refractivity contribution in [3.8, 4) is 0 Å². The number of fused-ring (bicyclic) bond motifs is 1. The molecule has 1 aliphatic rings. The zero-order chi connectivity index (χ0) is 24.8. The second-order valence-electron chi connectivity index (χ2n) is 8.29. The van der Waals surface area contributed by atoms with Gasteiger partial charge >= 0.3 is 0 Å². The number of benzene rings is 2. The molecule has 4 heteroatoms. The number of hydrogen-bond acceptors (Lipinski definition) is 4. The largest absolute Gasteiger partial charge is 0.388 e. The lowest BCUT2D eigenvalue weighted by molar-refractivity contribution is 0.277. The highest BCUT2D eigenvalue weighted by Crippen LogP contribution is 2.38. The molecule has 0 bridgehead atoms. The van der Waals surface area contributed by atoms with Crippen LogP contribution in [0.4, 0.5) is 0 Å². The van der Waals surface area contributed by atoms with E-state index in [1.54, 1.807) is 14.2 Å². The van der Waals surface area contributed by atoms with E-state index >= 15 is 0 Å². The minimum absolute atomic E-state index is 0.498. The first kappa shape index (κ1) is 28.1. The van der Waals surface area contributed by atoms with Crippen molar-refractivity contribution >= 4 is 5.70 Å². The lowest BCUT2D eigenvalue weighted by Gasteiger charge is -2.33. The maximum Gasteiger partial charge on any atom is 0.0989 e. The van der Waals surface area contributed by atoms with Crippen LogP contribution in [0.5, 0.6) is 0 Å². The fraction of sp³-hybridized carbons (Fsp3) is 0.379. The minimum Gasteiger partial charge on any atom is -0.388 e. The highest BCUT2D eigenvalue weighted by Gasteiger charge is 2.27. The van der Waals surface area contributed by atoms with Crippen molar-refractivity contribution in [2.24, 2.45) is 5.73 Å². The normalized spacial score (nSPS) is 16.2. The summed E-state index contributed by atoms with van der Waals surface area (Å²) in [5.41, 5.74) is 13.2. The Hall–Kier alpha value is -2.98. The predicted octanol–water partition coefficient (Wildman–Crippen LogP) is 6.08. The Morgan fingerprint density at radius 3 is 2.45 bits per heavy atom. The van der Waals surface area contributed by atoms with Crippen molar-refractivity contribution in [1.29, 1.82) is 0 Å². The molecule has 1 aliphatic heterocycles. The molecule has 0 fully saturated rings. The van der Waals surface area contributed by atoms with E-state index in [9.17, 15) is 0 Å². The third-order valence-corrected chi connectivity index (χ3v) is 5.60. The summed E-state index contributed by atoms with van der Waals surface area (Å²) in [7, 11) is 3.25. The van der Waals surface area contributed by atoms with E-state index in [0.717, 1.165) is 30.2 Å². The van der Waals surface area contributed by atoms with Gasteiger partial charge in [0.25, 0.3) is 0 Å². The molecule has 2 unspecified atom stereocenters. The van der Waals surface area contributed by atoms with Gasteiger partial charge in [-0.1, -0.05) is 79.7 Å². The average molecular weight is 450 g/mol. The zero-order valence-corrected chi connectivity index (χ0v) is 21.5. The van der Waals surface area contributed by atoms with Crippen LogP contribution in [-0.2, 0) is 4.74 Å². The molecular formula is C29H43N3O. The molecule has 4 nitrogen and oxygen atoms in total. The van der Waals surface area contributed by atoms with Gasteiger partial charge in [-0.25, -0.2) is 0 Å². The van der Waals surface area contributed by atoms with Crippen molar-refractivity contribution in [1.82, 2.24) is 10.6 Å². The van der Waals surface area contributed by atoms with Crippen LogP contribution in [0.1, 0.15) is 61.8 Å². The van der Waals surface area contributed by atoms with Crippen LogP contribution in [0.15, 0.2) is 78.7 Å². The molecule has 0 saturated carbocycles. The molecule has 2 aromatic rings. The molecule has 0 aromatic heterocycles. The van der Waals surface area contributed by atoms with Gasteiger partial charge in [0.2, 0.25) is 0 Å². The van der Waals surface area contributed by atoms with E-state index < -0.39 is 0 Å². The third-order valence-electron chi connectivity index (χ3n) is 5.60. The van der Waals surface area contributed by atoms with Crippen molar-refractivity contribution in [3.05, 3.63) is 101 Å². The summed E-state index contributed by atoms with van der Waals surface area (Å²) in [4.78, 5) is 0. The van der Waals surface area contributed by atoms with Gasteiger partial charge in [0.1, 0.15) is 0 Å². The molecule has 33 heavy (non-hydrogen) atoms. The number of allylic oxidation sites excluding steroid dienone is 3. The SMILES string of the molecule is C/C=C\C(C)=C(/N)NCC.C=C1NCC(C(C)c2ccccc2)c2cc(C)ccc21.COC. The van der Waals surface area contributed by atoms with E-state index in [0.29, 0.717) is 11.8 Å². The molecule has 2 aromatic carbocycles. The topological polar surface area (TPSA) is 59.3 Å². The van der Waals surface area contributed by atoms with Gasteiger partial charge in [0, 0.05) is 44.5 Å². The summed E-state index contributed by atoms with van der Waals surface area (Å²) in [6.45, 7) is 16.4. The van der Waals surface area contributed by atoms with Gasteiger partial charge in [-0.05, 0) is 50.3 Å². The standard InChI is InChI=1S/C19H21N.C8H16N2.C2H6O/c1-13-9-10-17-15(3)20-12-19(18(17)11-13)14(2)16-7-5-4-6-8-16;1-4-6-7(3)8(9)10-5-2;1-3-2/h4-11,14,19-20H,3,12H2,1-2H3;4,6,10H,5,9H2,1-3H3;1-2H3/b;6-4-,8-7+;. The number of nitrogens with two attached hydrogens (primary N) is 1. The molecule has 0 aliphatic carbocycles. The second kappa shape index (κ2) is 15.0. The Morgan fingerprint density at radius 1 is 1.24 bits per heavy atom. The van der Waals surface area contributed by atoms with Crippen molar-refractivity contribution in [2.75, 3.05) is 27.3 Å². The molecule has 4 N–H and O–H groups in total. The van der Waals surface area contributed by atoms with Crippen LogP contribution < -0.4 is 16.4 Å². The van der Waals surface area contributed by atoms with Gasteiger partial charge in [-0.2, -0.15) is 0 Å². The number of hydrogen-bond donors (Lipinski definition) is 3. The highest BCUT2D eigenvalue weighted by molar-refractivity contribution is 5.68. The fourth-order valence-corrected chi connectivity index (χ4v) is 3.81. The Balaban J connectivity index is 0.000000355. The molecule has 180 valence electrons. The average Bonchev–Trinajstić information content (AvgIpc) is 2.81. The zero-order valence-electron chi connectivity index (χ0n) is 21.5. The first-order valence-corrected chi connectivity index (χ1v) is 11.6. The summed E-state index contributed by atoms with van der Waals surface area (Å²) >= 11 is 0.